The summed E-state index contributed by atoms with van der Waals surface area (Å²) < 4.78 is 0. The molecule has 2 N–H and O–H groups in total. The van der Waals surface area contributed by atoms with Gasteiger partial charge in [-0.15, -0.1) is 0 Å². The molecule has 17 heavy (non-hydrogen) atoms. The van der Waals surface area contributed by atoms with Crippen LogP contribution in [-0.4, -0.2) is 23.8 Å². The van der Waals surface area contributed by atoms with Crippen molar-refractivity contribution in [1.82, 2.24) is 5.32 Å². The van der Waals surface area contributed by atoms with Crippen molar-refractivity contribution in [2.75, 3.05) is 13.1 Å². The highest BCUT2D eigenvalue weighted by atomic mass is 16.3. The molecule has 94 valence electrons. The molecule has 1 fully saturated rings. The summed E-state index contributed by atoms with van der Waals surface area (Å²) in [6.07, 6.45) is 4.72. The van der Waals surface area contributed by atoms with Gasteiger partial charge in [0.25, 0.3) is 0 Å². The molecular weight excluding hydrogens is 210 g/mol. The first-order valence-electron chi connectivity index (χ1n) is 6.73. The van der Waals surface area contributed by atoms with Gasteiger partial charge in [-0.3, -0.25) is 0 Å². The topological polar surface area (TPSA) is 32.3 Å². The molecular formula is C15H23NO. The molecule has 0 saturated carbocycles. The van der Waals surface area contributed by atoms with Crippen LogP contribution in [-0.2, 0) is 12.8 Å². The highest BCUT2D eigenvalue weighted by molar-refractivity contribution is 5.23. The average Bonchev–Trinajstić information content (AvgIpc) is 2.55. The van der Waals surface area contributed by atoms with E-state index < -0.39 is 5.60 Å². The van der Waals surface area contributed by atoms with E-state index in [2.05, 4.69) is 36.5 Å². The Bertz CT molecular complexity index is 336. The molecule has 1 aliphatic heterocycles. The summed E-state index contributed by atoms with van der Waals surface area (Å²) in [6, 6.07) is 8.67. The molecule has 1 heterocycles. The van der Waals surface area contributed by atoms with Gasteiger partial charge in [-0.05, 0) is 49.9 Å². The summed E-state index contributed by atoms with van der Waals surface area (Å²) in [5, 5.41) is 13.9. The minimum Gasteiger partial charge on any atom is -0.389 e. The molecule has 2 heteroatoms. The van der Waals surface area contributed by atoms with Crippen molar-refractivity contribution in [3.63, 3.8) is 0 Å². The lowest BCUT2D eigenvalue weighted by molar-refractivity contribution is 0.0285. The maximum Gasteiger partial charge on any atom is 0.0700 e. The molecule has 1 aromatic rings. The minimum absolute atomic E-state index is 0.503. The van der Waals surface area contributed by atoms with E-state index in [4.69, 9.17) is 0 Å². The first kappa shape index (κ1) is 12.6. The van der Waals surface area contributed by atoms with Gasteiger partial charge in [-0.2, -0.15) is 0 Å². The maximum absolute atomic E-state index is 10.6. The lowest BCUT2D eigenvalue weighted by Gasteiger charge is -2.26. The van der Waals surface area contributed by atoms with E-state index in [1.165, 1.54) is 11.1 Å². The molecule has 1 atom stereocenters. The fourth-order valence-corrected chi connectivity index (χ4v) is 2.56. The Kier molecular flexibility index (Phi) is 4.19. The van der Waals surface area contributed by atoms with E-state index in [0.717, 1.165) is 45.2 Å². The highest BCUT2D eigenvalue weighted by Gasteiger charge is 2.27. The summed E-state index contributed by atoms with van der Waals surface area (Å²) >= 11 is 0. The van der Waals surface area contributed by atoms with Crippen LogP contribution in [0, 0.1) is 0 Å². The van der Waals surface area contributed by atoms with E-state index >= 15 is 0 Å². The van der Waals surface area contributed by atoms with E-state index in [0.29, 0.717) is 0 Å². The Morgan fingerprint density at radius 2 is 1.82 bits per heavy atom. The number of hydrogen-bond donors (Lipinski definition) is 2. The molecule has 0 aliphatic carbocycles. The SMILES string of the molecule is CCc1ccc(CC2(O)CCCNCC2)cc1. The molecule has 1 aliphatic rings. The molecule has 1 aromatic carbocycles. The van der Waals surface area contributed by atoms with E-state index in [-0.39, 0.29) is 0 Å². The number of aryl methyl sites for hydroxylation is 1. The number of rotatable bonds is 3. The number of aliphatic hydroxyl groups is 1. The third-order valence-corrected chi connectivity index (χ3v) is 3.73. The summed E-state index contributed by atoms with van der Waals surface area (Å²) in [6.45, 7) is 4.14. The number of hydrogen-bond acceptors (Lipinski definition) is 2. The quantitative estimate of drug-likeness (QED) is 0.839. The van der Waals surface area contributed by atoms with Crippen molar-refractivity contribution in [3.05, 3.63) is 35.4 Å². The maximum atomic E-state index is 10.6. The van der Waals surface area contributed by atoms with Crippen LogP contribution >= 0.6 is 0 Å². The molecule has 1 saturated heterocycles. The lowest BCUT2D eigenvalue weighted by atomic mass is 9.87. The zero-order valence-corrected chi connectivity index (χ0v) is 10.7. The fourth-order valence-electron chi connectivity index (χ4n) is 2.56. The zero-order chi connectivity index (χ0) is 12.1. The first-order chi connectivity index (χ1) is 8.22. The molecule has 0 aromatic heterocycles. The second-order valence-corrected chi connectivity index (χ2v) is 5.17. The van der Waals surface area contributed by atoms with Crippen molar-refractivity contribution in [3.8, 4) is 0 Å². The Labute approximate surface area is 104 Å². The summed E-state index contributed by atoms with van der Waals surface area (Å²) in [4.78, 5) is 0. The average molecular weight is 233 g/mol. The monoisotopic (exact) mass is 233 g/mol. The van der Waals surface area contributed by atoms with Crippen molar-refractivity contribution >= 4 is 0 Å². The van der Waals surface area contributed by atoms with Gasteiger partial charge in [0.2, 0.25) is 0 Å². The van der Waals surface area contributed by atoms with Crippen molar-refractivity contribution in [2.45, 2.75) is 44.6 Å². The molecule has 2 rings (SSSR count). The van der Waals surface area contributed by atoms with Crippen molar-refractivity contribution in [1.29, 1.82) is 0 Å². The van der Waals surface area contributed by atoms with Gasteiger partial charge in [0.05, 0.1) is 5.60 Å². The van der Waals surface area contributed by atoms with Crippen LogP contribution < -0.4 is 5.32 Å². The van der Waals surface area contributed by atoms with Crippen LogP contribution in [0.4, 0.5) is 0 Å². The second kappa shape index (κ2) is 5.65. The largest absolute Gasteiger partial charge is 0.389 e. The van der Waals surface area contributed by atoms with Crippen molar-refractivity contribution in [2.24, 2.45) is 0 Å². The van der Waals surface area contributed by atoms with Crippen LogP contribution in [0.25, 0.3) is 0 Å². The van der Waals surface area contributed by atoms with Crippen LogP contribution in [0.2, 0.25) is 0 Å². The van der Waals surface area contributed by atoms with Gasteiger partial charge >= 0.3 is 0 Å². The lowest BCUT2D eigenvalue weighted by Crippen LogP contribution is -2.32. The Balaban J connectivity index is 2.02. The van der Waals surface area contributed by atoms with E-state index in [1.54, 1.807) is 0 Å². The molecule has 0 spiro atoms. The van der Waals surface area contributed by atoms with Gasteiger partial charge < -0.3 is 10.4 Å². The third kappa shape index (κ3) is 3.55. The molecule has 1 unspecified atom stereocenters. The third-order valence-electron chi connectivity index (χ3n) is 3.73. The normalized spacial score (nSPS) is 25.5. The van der Waals surface area contributed by atoms with Crippen molar-refractivity contribution < 1.29 is 5.11 Å². The van der Waals surface area contributed by atoms with Crippen LogP contribution in [0.5, 0.6) is 0 Å². The standard InChI is InChI=1S/C15H23NO/c1-2-13-4-6-14(7-5-13)12-15(17)8-3-10-16-11-9-15/h4-7,16-17H,2-3,8-12H2,1H3. The fraction of sp³-hybridized carbons (Fsp3) is 0.600. The van der Waals surface area contributed by atoms with Crippen LogP contribution in [0.1, 0.15) is 37.3 Å². The molecule has 0 radical (unpaired) electrons. The highest BCUT2D eigenvalue weighted by Crippen LogP contribution is 2.24. The van der Waals surface area contributed by atoms with Crippen LogP contribution in [0.15, 0.2) is 24.3 Å². The first-order valence-corrected chi connectivity index (χ1v) is 6.73. The number of nitrogens with one attached hydrogen (secondary N) is 1. The van der Waals surface area contributed by atoms with E-state index in [9.17, 15) is 5.11 Å². The van der Waals surface area contributed by atoms with E-state index in [1.807, 2.05) is 0 Å². The predicted octanol–water partition coefficient (Wildman–Crippen LogP) is 2.30. The smallest absolute Gasteiger partial charge is 0.0700 e. The van der Waals surface area contributed by atoms with Gasteiger partial charge in [-0.25, -0.2) is 0 Å². The van der Waals surface area contributed by atoms with Gasteiger partial charge in [-0.1, -0.05) is 31.2 Å². The minimum atomic E-state index is -0.503. The van der Waals surface area contributed by atoms with Gasteiger partial charge in [0.1, 0.15) is 0 Å². The van der Waals surface area contributed by atoms with Gasteiger partial charge in [0, 0.05) is 6.42 Å². The zero-order valence-electron chi connectivity index (χ0n) is 10.7. The summed E-state index contributed by atoms with van der Waals surface area (Å²) in [5.41, 5.74) is 2.12. The number of benzene rings is 1. The summed E-state index contributed by atoms with van der Waals surface area (Å²) in [7, 11) is 0. The summed E-state index contributed by atoms with van der Waals surface area (Å²) in [5.74, 6) is 0. The Morgan fingerprint density at radius 3 is 2.53 bits per heavy atom. The predicted molar refractivity (Wildman–Crippen MR) is 71.2 cm³/mol. The molecule has 0 bridgehead atoms. The molecule has 0 amide bonds. The Morgan fingerprint density at radius 1 is 1.12 bits per heavy atom. The van der Waals surface area contributed by atoms with Gasteiger partial charge in [0.15, 0.2) is 0 Å². The van der Waals surface area contributed by atoms with Crippen LogP contribution in [0.3, 0.4) is 0 Å². The Hall–Kier alpha value is -0.860. The molecule has 2 nitrogen and oxygen atoms in total. The second-order valence-electron chi connectivity index (χ2n) is 5.17.